The Labute approximate surface area is 272 Å². The highest BCUT2D eigenvalue weighted by molar-refractivity contribution is 7.93. The molecule has 4 rings (SSSR count). The summed E-state index contributed by atoms with van der Waals surface area (Å²) in [5.41, 5.74) is 2.77. The Morgan fingerprint density at radius 3 is 2.23 bits per heavy atom. The van der Waals surface area contributed by atoms with Gasteiger partial charge in [0.1, 0.15) is 11.6 Å². The van der Waals surface area contributed by atoms with Crippen molar-refractivity contribution in [2.45, 2.75) is 45.1 Å². The van der Waals surface area contributed by atoms with Crippen LogP contribution in [0.25, 0.3) is 11.1 Å². The predicted molar refractivity (Wildman–Crippen MR) is 175 cm³/mol. The number of benzene rings is 4. The summed E-state index contributed by atoms with van der Waals surface area (Å²) in [5.74, 6) is -1.11. The maximum absolute atomic E-state index is 15.4. The first-order chi connectivity index (χ1) is 22.1. The van der Waals surface area contributed by atoms with Crippen LogP contribution in [0.4, 0.5) is 15.8 Å². The molecule has 14 heteroatoms. The molecule has 0 saturated carbocycles. The molecule has 0 unspecified atom stereocenters. The molecule has 0 saturated heterocycles. The third kappa shape index (κ3) is 8.51. The Morgan fingerprint density at radius 2 is 1.62 bits per heavy atom. The summed E-state index contributed by atoms with van der Waals surface area (Å²) < 4.78 is 77.8. The zero-order valence-electron chi connectivity index (χ0n) is 26.1. The van der Waals surface area contributed by atoms with E-state index in [1.807, 2.05) is 0 Å². The molecule has 0 radical (unpaired) electrons. The van der Waals surface area contributed by atoms with Gasteiger partial charge >= 0.3 is 16.1 Å². The summed E-state index contributed by atoms with van der Waals surface area (Å²) in [7, 11) is -8.38. The molecule has 0 atom stereocenters. The number of sulfonamides is 1. The highest BCUT2D eigenvalue weighted by atomic mass is 32.2. The second-order valence-electron chi connectivity index (χ2n) is 10.7. The summed E-state index contributed by atoms with van der Waals surface area (Å²) in [6.45, 7) is 5.08. The molecule has 248 valence electrons. The van der Waals surface area contributed by atoms with Crippen molar-refractivity contribution in [1.82, 2.24) is 0 Å². The summed E-state index contributed by atoms with van der Waals surface area (Å²) >= 11 is 0. The Balaban J connectivity index is 1.79. The van der Waals surface area contributed by atoms with Gasteiger partial charge in [-0.3, -0.25) is 19.2 Å². The van der Waals surface area contributed by atoms with Crippen LogP contribution in [0.5, 0.6) is 5.75 Å². The number of hydrogen-bond acceptors (Lipinski definition) is 9. The third-order valence-electron chi connectivity index (χ3n) is 7.15. The van der Waals surface area contributed by atoms with Crippen LogP contribution in [-0.4, -0.2) is 40.6 Å². The lowest BCUT2D eigenvalue weighted by atomic mass is 9.94. The van der Waals surface area contributed by atoms with Gasteiger partial charge in [0.2, 0.25) is 0 Å². The molecule has 0 aromatic heterocycles. The van der Waals surface area contributed by atoms with Gasteiger partial charge in [-0.1, -0.05) is 36.4 Å². The van der Waals surface area contributed by atoms with Gasteiger partial charge in [0.25, 0.3) is 15.7 Å². The van der Waals surface area contributed by atoms with E-state index in [1.54, 1.807) is 57.2 Å². The van der Waals surface area contributed by atoms with E-state index in [4.69, 9.17) is 8.92 Å². The number of halogens is 1. The topological polar surface area (TPSA) is 150 Å². The van der Waals surface area contributed by atoms with E-state index in [1.165, 1.54) is 24.3 Å². The Hall–Kier alpha value is -4.82. The molecule has 0 amide bonds. The first-order valence-electron chi connectivity index (χ1n) is 14.4. The molecular weight excluding hydrogens is 652 g/mol. The normalized spacial score (nSPS) is 11.6. The van der Waals surface area contributed by atoms with Crippen molar-refractivity contribution >= 4 is 37.5 Å². The first-order valence-corrected chi connectivity index (χ1v) is 17.7. The predicted octanol–water partition coefficient (Wildman–Crippen LogP) is 6.25. The van der Waals surface area contributed by atoms with E-state index in [2.05, 4.69) is 0 Å². The minimum Gasteiger partial charge on any atom is -0.466 e. The maximum atomic E-state index is 15.4. The smallest absolute Gasteiger partial charge is 0.306 e. The van der Waals surface area contributed by atoms with Crippen molar-refractivity contribution in [2.24, 2.45) is 0 Å². The van der Waals surface area contributed by atoms with E-state index in [9.17, 15) is 31.7 Å². The molecule has 0 aliphatic heterocycles. The number of hydrogen-bond donors (Lipinski definition) is 0. The van der Waals surface area contributed by atoms with Gasteiger partial charge < -0.3 is 8.92 Å². The number of nitro groups is 1. The van der Waals surface area contributed by atoms with E-state index in [0.29, 0.717) is 22.3 Å². The van der Waals surface area contributed by atoms with Gasteiger partial charge in [0, 0.05) is 12.5 Å². The van der Waals surface area contributed by atoms with Gasteiger partial charge in [0.05, 0.1) is 30.0 Å². The average molecular weight is 685 g/mol. The van der Waals surface area contributed by atoms with E-state index >= 15 is 4.39 Å². The molecule has 0 heterocycles. The van der Waals surface area contributed by atoms with Crippen LogP contribution in [0.3, 0.4) is 0 Å². The number of para-hydroxylation sites is 1. The van der Waals surface area contributed by atoms with Gasteiger partial charge in [0.15, 0.2) is 4.90 Å². The lowest BCUT2D eigenvalue weighted by Crippen LogP contribution is -2.31. The molecule has 4 aromatic carbocycles. The standard InChI is InChI=1S/C33H33FN2O9S2/c1-5-44-32(37)16-14-25-13-15-27(20-29(25)34)35(47(42,43)31-12-7-6-11-30(31)36(38)39)21-24-9-8-10-26(19-24)33-22(2)17-28(18-23(33)3)45-46(4,40)41/h6-13,15,17-20H,5,14,16,21H2,1-4H3. The van der Waals surface area contributed by atoms with Crippen molar-refractivity contribution in [3.63, 3.8) is 0 Å². The molecule has 0 fully saturated rings. The SMILES string of the molecule is CCOC(=O)CCc1ccc(N(Cc2cccc(-c3c(C)cc(OS(C)(=O)=O)cc3C)c2)S(=O)(=O)c2ccccc2[N+](=O)[O-])cc1F. The van der Waals surface area contributed by atoms with Crippen molar-refractivity contribution in [3.8, 4) is 16.9 Å². The van der Waals surface area contributed by atoms with Crippen LogP contribution >= 0.6 is 0 Å². The second-order valence-corrected chi connectivity index (χ2v) is 14.1. The average Bonchev–Trinajstić information content (AvgIpc) is 2.98. The van der Waals surface area contributed by atoms with Crippen LogP contribution in [0.15, 0.2) is 83.8 Å². The Bertz CT molecular complexity index is 2030. The molecule has 0 spiro atoms. The zero-order valence-corrected chi connectivity index (χ0v) is 27.7. The summed E-state index contributed by atoms with van der Waals surface area (Å²) in [6.07, 6.45) is 0.897. The lowest BCUT2D eigenvalue weighted by molar-refractivity contribution is -0.387. The van der Waals surface area contributed by atoms with Crippen LogP contribution in [0, 0.1) is 29.8 Å². The molecule has 47 heavy (non-hydrogen) atoms. The highest BCUT2D eigenvalue weighted by Crippen LogP contribution is 2.35. The van der Waals surface area contributed by atoms with Crippen LogP contribution in [0.2, 0.25) is 0 Å². The Kier molecular flexibility index (Phi) is 10.7. The molecular formula is C33H33FN2O9S2. The number of nitrogens with zero attached hydrogens (tertiary/aromatic N) is 2. The number of aryl methyl sites for hydroxylation is 3. The number of carbonyl (C=O) groups excluding carboxylic acids is 1. The quantitative estimate of drug-likeness (QED) is 0.0689. The van der Waals surface area contributed by atoms with Gasteiger partial charge in [-0.05, 0) is 97.0 Å². The number of anilines is 1. The van der Waals surface area contributed by atoms with Crippen molar-refractivity contribution < 1.29 is 39.9 Å². The largest absolute Gasteiger partial charge is 0.466 e. The van der Waals surface area contributed by atoms with Crippen LogP contribution < -0.4 is 8.49 Å². The first kappa shape index (κ1) is 35.0. The summed E-state index contributed by atoms with van der Waals surface area (Å²) in [6, 6.07) is 18.7. The fourth-order valence-corrected chi connectivity index (χ4v) is 7.27. The minimum atomic E-state index is -4.63. The third-order valence-corrected chi connectivity index (χ3v) is 9.47. The molecule has 0 aliphatic carbocycles. The fourth-order valence-electron chi connectivity index (χ4n) is 5.22. The fraction of sp³-hybridized carbons (Fsp3) is 0.242. The zero-order chi connectivity index (χ0) is 34.5. The van der Waals surface area contributed by atoms with Crippen molar-refractivity contribution in [3.05, 3.63) is 117 Å². The lowest BCUT2D eigenvalue weighted by Gasteiger charge is -2.25. The molecule has 0 N–H and O–H groups in total. The highest BCUT2D eigenvalue weighted by Gasteiger charge is 2.32. The molecule has 0 bridgehead atoms. The number of carbonyl (C=O) groups is 1. The number of ether oxygens (including phenoxy) is 1. The van der Waals surface area contributed by atoms with Gasteiger partial charge in [-0.2, -0.15) is 8.42 Å². The van der Waals surface area contributed by atoms with E-state index in [-0.39, 0.29) is 43.0 Å². The van der Waals surface area contributed by atoms with Crippen LogP contribution in [0.1, 0.15) is 35.6 Å². The monoisotopic (exact) mass is 684 g/mol. The van der Waals surface area contributed by atoms with E-state index in [0.717, 1.165) is 34.3 Å². The molecule has 4 aromatic rings. The van der Waals surface area contributed by atoms with Gasteiger partial charge in [-0.25, -0.2) is 12.8 Å². The van der Waals surface area contributed by atoms with E-state index < -0.39 is 47.4 Å². The Morgan fingerprint density at radius 1 is 0.936 bits per heavy atom. The number of rotatable bonds is 13. The number of esters is 1. The van der Waals surface area contributed by atoms with Crippen LogP contribution in [-0.2, 0) is 42.6 Å². The molecule has 11 nitrogen and oxygen atoms in total. The minimum absolute atomic E-state index is 0.0244. The maximum Gasteiger partial charge on any atom is 0.306 e. The van der Waals surface area contributed by atoms with Gasteiger partial charge in [-0.15, -0.1) is 0 Å². The number of nitro benzene ring substituents is 1. The van der Waals surface area contributed by atoms with Crippen molar-refractivity contribution in [2.75, 3.05) is 17.2 Å². The summed E-state index contributed by atoms with van der Waals surface area (Å²) in [5, 5.41) is 11.8. The molecule has 0 aliphatic rings. The van der Waals surface area contributed by atoms with Crippen molar-refractivity contribution in [1.29, 1.82) is 0 Å². The summed E-state index contributed by atoms with van der Waals surface area (Å²) in [4.78, 5) is 22.2. The second kappa shape index (κ2) is 14.3.